The van der Waals surface area contributed by atoms with E-state index in [-0.39, 0.29) is 5.75 Å². The van der Waals surface area contributed by atoms with Crippen molar-refractivity contribution in [3.63, 3.8) is 0 Å². The molecule has 0 saturated carbocycles. The van der Waals surface area contributed by atoms with Crippen molar-refractivity contribution in [2.45, 2.75) is 110 Å². The molecule has 0 atom stereocenters. The highest BCUT2D eigenvalue weighted by atomic mass is 16.5. The molecule has 0 aliphatic carbocycles. The fourth-order valence-corrected chi connectivity index (χ4v) is 4.08. The number of azo groups is 1. The predicted octanol–water partition coefficient (Wildman–Crippen LogP) is 10.4. The van der Waals surface area contributed by atoms with Gasteiger partial charge in [-0.2, -0.15) is 10.2 Å². The molecule has 0 unspecified atom stereocenters. The molecule has 1 N–H and O–H groups in total. The van der Waals surface area contributed by atoms with Crippen molar-refractivity contribution in [2.75, 3.05) is 6.61 Å². The van der Waals surface area contributed by atoms with Gasteiger partial charge >= 0.3 is 0 Å². The summed E-state index contributed by atoms with van der Waals surface area (Å²) in [6.45, 7) is 3.06. The molecule has 2 aromatic carbocycles. The third-order valence-corrected chi connectivity index (χ3v) is 6.23. The average Bonchev–Trinajstić information content (AvgIpc) is 2.86. The van der Waals surface area contributed by atoms with Crippen LogP contribution in [0.4, 0.5) is 11.4 Å². The van der Waals surface area contributed by atoms with Crippen LogP contribution in [0, 0.1) is 0 Å². The van der Waals surface area contributed by atoms with Crippen LogP contribution < -0.4 is 4.74 Å². The van der Waals surface area contributed by atoms with E-state index < -0.39 is 0 Å². The van der Waals surface area contributed by atoms with Crippen LogP contribution in [0.5, 0.6) is 11.5 Å². The maximum atomic E-state index is 9.30. The van der Waals surface area contributed by atoms with Gasteiger partial charge in [0.1, 0.15) is 11.5 Å². The van der Waals surface area contributed by atoms with Crippen LogP contribution in [0.25, 0.3) is 0 Å². The van der Waals surface area contributed by atoms with Gasteiger partial charge in [0.25, 0.3) is 0 Å². The SMILES string of the molecule is CCCCCCCCCCCCCCCCCCOc1ccc(N=Nc2ccc(O)cc2)cc1. The molecule has 0 aromatic heterocycles. The second-order valence-corrected chi connectivity index (χ2v) is 9.36. The van der Waals surface area contributed by atoms with Gasteiger partial charge in [0, 0.05) is 0 Å². The number of phenols is 1. The van der Waals surface area contributed by atoms with Crippen LogP contribution in [0.1, 0.15) is 110 Å². The van der Waals surface area contributed by atoms with Gasteiger partial charge in [0.15, 0.2) is 0 Å². The largest absolute Gasteiger partial charge is 0.508 e. The van der Waals surface area contributed by atoms with Gasteiger partial charge in [-0.25, -0.2) is 0 Å². The van der Waals surface area contributed by atoms with Crippen LogP contribution >= 0.6 is 0 Å². The summed E-state index contributed by atoms with van der Waals surface area (Å²) < 4.78 is 5.86. The highest BCUT2D eigenvalue weighted by Crippen LogP contribution is 2.23. The van der Waals surface area contributed by atoms with Crippen molar-refractivity contribution in [3.05, 3.63) is 48.5 Å². The first-order valence-electron chi connectivity index (χ1n) is 13.7. The smallest absolute Gasteiger partial charge is 0.119 e. The minimum atomic E-state index is 0.227. The van der Waals surface area contributed by atoms with E-state index in [9.17, 15) is 5.11 Å². The lowest BCUT2D eigenvalue weighted by molar-refractivity contribution is 0.304. The minimum absolute atomic E-state index is 0.227. The quantitative estimate of drug-likeness (QED) is 0.156. The molecule has 34 heavy (non-hydrogen) atoms. The Balaban J connectivity index is 1.39. The third kappa shape index (κ3) is 14.0. The third-order valence-electron chi connectivity index (χ3n) is 6.23. The van der Waals surface area contributed by atoms with E-state index >= 15 is 0 Å². The molecular formula is C30H46N2O2. The van der Waals surface area contributed by atoms with Gasteiger partial charge in [0.2, 0.25) is 0 Å². The maximum absolute atomic E-state index is 9.30. The molecule has 0 aliphatic heterocycles. The van der Waals surface area contributed by atoms with Crippen molar-refractivity contribution in [2.24, 2.45) is 10.2 Å². The number of hydrogen-bond donors (Lipinski definition) is 1. The second kappa shape index (κ2) is 19.0. The molecular weight excluding hydrogens is 420 g/mol. The van der Waals surface area contributed by atoms with Crippen LogP contribution in [-0.2, 0) is 0 Å². The summed E-state index contributed by atoms with van der Waals surface area (Å²) in [7, 11) is 0. The van der Waals surface area contributed by atoms with Gasteiger partial charge in [-0.15, -0.1) is 0 Å². The lowest BCUT2D eigenvalue weighted by Gasteiger charge is -2.06. The summed E-state index contributed by atoms with van der Waals surface area (Å²) in [6, 6.07) is 14.4. The van der Waals surface area contributed by atoms with E-state index in [0.29, 0.717) is 5.69 Å². The molecule has 2 rings (SSSR count). The second-order valence-electron chi connectivity index (χ2n) is 9.36. The Morgan fingerprint density at radius 2 is 0.912 bits per heavy atom. The molecule has 0 spiro atoms. The fraction of sp³-hybridized carbons (Fsp3) is 0.600. The molecule has 0 saturated heterocycles. The minimum Gasteiger partial charge on any atom is -0.508 e. The zero-order chi connectivity index (χ0) is 24.1. The number of hydrogen-bond acceptors (Lipinski definition) is 4. The van der Waals surface area contributed by atoms with Crippen molar-refractivity contribution in [1.82, 2.24) is 0 Å². The number of ether oxygens (including phenoxy) is 1. The van der Waals surface area contributed by atoms with E-state index in [1.54, 1.807) is 24.3 Å². The molecule has 0 bridgehead atoms. The summed E-state index contributed by atoms with van der Waals surface area (Å²) in [4.78, 5) is 0. The summed E-state index contributed by atoms with van der Waals surface area (Å²) >= 11 is 0. The van der Waals surface area contributed by atoms with Gasteiger partial charge in [-0.3, -0.25) is 0 Å². The number of aromatic hydroxyl groups is 1. The molecule has 4 nitrogen and oxygen atoms in total. The topological polar surface area (TPSA) is 54.2 Å². The molecule has 0 aliphatic rings. The molecule has 0 amide bonds. The molecule has 2 aromatic rings. The summed E-state index contributed by atoms with van der Waals surface area (Å²) in [6.07, 6.45) is 22.1. The highest BCUT2D eigenvalue weighted by molar-refractivity contribution is 5.43. The standard InChI is InChI=1S/C30H46N2O2/c1-2-3-4-5-6-7-8-9-10-11-12-13-14-15-16-17-26-34-30-24-20-28(21-25-30)32-31-27-18-22-29(33)23-19-27/h18-25,33H,2-17,26H2,1H3. The van der Waals surface area contributed by atoms with Crippen molar-refractivity contribution < 1.29 is 9.84 Å². The number of phenolic OH excluding ortho intramolecular Hbond substituents is 1. The average molecular weight is 467 g/mol. The number of rotatable bonds is 20. The molecule has 0 radical (unpaired) electrons. The highest BCUT2D eigenvalue weighted by Gasteiger charge is 1.98. The summed E-state index contributed by atoms with van der Waals surface area (Å²) in [5.41, 5.74) is 1.49. The lowest BCUT2D eigenvalue weighted by Crippen LogP contribution is -1.96. The monoisotopic (exact) mass is 466 g/mol. The zero-order valence-corrected chi connectivity index (χ0v) is 21.4. The Morgan fingerprint density at radius 3 is 1.35 bits per heavy atom. The first-order valence-corrected chi connectivity index (χ1v) is 13.7. The van der Waals surface area contributed by atoms with E-state index in [1.807, 2.05) is 24.3 Å². The Kier molecular flexibility index (Phi) is 15.6. The Bertz CT molecular complexity index is 756. The van der Waals surface area contributed by atoms with Crippen LogP contribution in [0.15, 0.2) is 58.8 Å². The summed E-state index contributed by atoms with van der Waals surface area (Å²) in [5.74, 6) is 1.11. The Morgan fingerprint density at radius 1 is 0.529 bits per heavy atom. The molecule has 188 valence electrons. The van der Waals surface area contributed by atoms with E-state index in [1.165, 1.54) is 96.3 Å². The van der Waals surface area contributed by atoms with Crippen molar-refractivity contribution in [3.8, 4) is 11.5 Å². The van der Waals surface area contributed by atoms with E-state index in [0.717, 1.165) is 24.5 Å². The van der Waals surface area contributed by atoms with Crippen molar-refractivity contribution in [1.29, 1.82) is 0 Å². The fourth-order valence-electron chi connectivity index (χ4n) is 4.08. The first-order chi connectivity index (χ1) is 16.8. The van der Waals surface area contributed by atoms with Crippen molar-refractivity contribution >= 4 is 11.4 Å². The first kappa shape index (κ1) is 27.9. The normalized spacial score (nSPS) is 11.3. The van der Waals surface area contributed by atoms with Crippen LogP contribution in [0.3, 0.4) is 0 Å². The number of benzene rings is 2. The number of nitrogens with zero attached hydrogens (tertiary/aromatic N) is 2. The summed E-state index contributed by atoms with van der Waals surface area (Å²) in [5, 5.41) is 17.7. The van der Waals surface area contributed by atoms with Gasteiger partial charge in [-0.05, 0) is 55.0 Å². The molecule has 4 heteroatoms. The van der Waals surface area contributed by atoms with Gasteiger partial charge in [0.05, 0.1) is 18.0 Å². The molecule has 0 fully saturated rings. The van der Waals surface area contributed by atoms with Crippen LogP contribution in [-0.4, -0.2) is 11.7 Å². The van der Waals surface area contributed by atoms with Gasteiger partial charge < -0.3 is 9.84 Å². The van der Waals surface area contributed by atoms with E-state index in [4.69, 9.17) is 4.74 Å². The Hall–Kier alpha value is -2.36. The maximum Gasteiger partial charge on any atom is 0.119 e. The molecule has 0 heterocycles. The van der Waals surface area contributed by atoms with E-state index in [2.05, 4.69) is 17.2 Å². The predicted molar refractivity (Wildman–Crippen MR) is 144 cm³/mol. The van der Waals surface area contributed by atoms with Gasteiger partial charge in [-0.1, -0.05) is 103 Å². The van der Waals surface area contributed by atoms with Crippen LogP contribution in [0.2, 0.25) is 0 Å². The number of unbranched alkanes of at least 4 members (excludes halogenated alkanes) is 15. The lowest BCUT2D eigenvalue weighted by atomic mass is 10.0. The Labute approximate surface area is 207 Å². The zero-order valence-electron chi connectivity index (χ0n) is 21.4.